The van der Waals surface area contributed by atoms with Gasteiger partial charge in [0.25, 0.3) is 0 Å². The van der Waals surface area contributed by atoms with E-state index in [1.807, 2.05) is 18.2 Å². The maximum absolute atomic E-state index is 5.66. The van der Waals surface area contributed by atoms with Gasteiger partial charge in [-0.3, -0.25) is 0 Å². The van der Waals surface area contributed by atoms with E-state index in [9.17, 15) is 0 Å². The van der Waals surface area contributed by atoms with E-state index in [4.69, 9.17) is 18.0 Å². The minimum absolute atomic E-state index is 0.410. The van der Waals surface area contributed by atoms with Crippen LogP contribution in [0, 0.1) is 0 Å². The molecule has 0 spiro atoms. The van der Waals surface area contributed by atoms with Crippen LogP contribution in [-0.2, 0) is 0 Å². The zero-order chi connectivity index (χ0) is 11.4. The van der Waals surface area contributed by atoms with Gasteiger partial charge in [0.15, 0.2) is 0 Å². The highest BCUT2D eigenvalue weighted by atomic mass is 79.9. The first-order valence-corrected chi connectivity index (χ1v) is 6.10. The van der Waals surface area contributed by atoms with Crippen molar-refractivity contribution in [1.82, 2.24) is 0 Å². The Kier molecular flexibility index (Phi) is 4.54. The van der Waals surface area contributed by atoms with E-state index in [0.717, 1.165) is 22.1 Å². The number of benzene rings is 1. The highest BCUT2D eigenvalue weighted by Gasteiger charge is 2.07. The Morgan fingerprint density at radius 1 is 1.60 bits per heavy atom. The molecule has 1 aromatic rings. The molecule has 82 valence electrons. The molecule has 1 aromatic carbocycles. The Morgan fingerprint density at radius 3 is 2.80 bits per heavy atom. The summed E-state index contributed by atoms with van der Waals surface area (Å²) in [5, 5.41) is 3.38. The van der Waals surface area contributed by atoms with Crippen molar-refractivity contribution in [3.05, 3.63) is 28.2 Å². The number of thiocarbonyl (C=S) groups is 1. The summed E-state index contributed by atoms with van der Waals surface area (Å²) in [5.41, 5.74) is 7.55. The summed E-state index contributed by atoms with van der Waals surface area (Å²) in [4.78, 5) is 0.424. The summed E-state index contributed by atoms with van der Waals surface area (Å²) < 4.78 is 1.02. The second kappa shape index (κ2) is 5.47. The molecular weight excluding hydrogens is 272 g/mol. The van der Waals surface area contributed by atoms with E-state index in [0.29, 0.717) is 11.0 Å². The Labute approximate surface area is 104 Å². The summed E-state index contributed by atoms with van der Waals surface area (Å²) in [7, 11) is 0. The minimum atomic E-state index is 0.410. The van der Waals surface area contributed by atoms with E-state index >= 15 is 0 Å². The maximum Gasteiger partial charge on any atom is 0.106 e. The van der Waals surface area contributed by atoms with Crippen LogP contribution in [0.2, 0.25) is 0 Å². The molecule has 2 nitrogen and oxygen atoms in total. The van der Waals surface area contributed by atoms with E-state index in [1.54, 1.807) is 0 Å². The van der Waals surface area contributed by atoms with E-state index in [1.165, 1.54) is 0 Å². The third kappa shape index (κ3) is 3.47. The Bertz CT molecular complexity index is 366. The Balaban J connectivity index is 3.02. The largest absolute Gasteiger partial charge is 0.389 e. The second-order valence-electron chi connectivity index (χ2n) is 3.51. The van der Waals surface area contributed by atoms with Gasteiger partial charge >= 0.3 is 0 Å². The van der Waals surface area contributed by atoms with Crippen molar-refractivity contribution >= 4 is 38.8 Å². The van der Waals surface area contributed by atoms with Gasteiger partial charge in [-0.15, -0.1) is 0 Å². The van der Waals surface area contributed by atoms with Crippen LogP contribution in [0.25, 0.3) is 0 Å². The first-order chi connectivity index (χ1) is 7.04. The molecular formula is C11H15BrN2S. The van der Waals surface area contributed by atoms with Gasteiger partial charge in [-0.1, -0.05) is 35.1 Å². The lowest BCUT2D eigenvalue weighted by Gasteiger charge is -2.16. The van der Waals surface area contributed by atoms with Crippen molar-refractivity contribution < 1.29 is 0 Å². The Hall–Kier alpha value is -0.610. The van der Waals surface area contributed by atoms with Crippen LogP contribution in [0.15, 0.2) is 22.7 Å². The van der Waals surface area contributed by atoms with Gasteiger partial charge in [0.2, 0.25) is 0 Å². The Morgan fingerprint density at radius 2 is 2.27 bits per heavy atom. The molecule has 0 heterocycles. The molecule has 3 N–H and O–H groups in total. The van der Waals surface area contributed by atoms with Crippen molar-refractivity contribution in [3.63, 3.8) is 0 Å². The van der Waals surface area contributed by atoms with Crippen molar-refractivity contribution in [2.75, 3.05) is 5.32 Å². The van der Waals surface area contributed by atoms with Gasteiger partial charge in [-0.05, 0) is 31.5 Å². The predicted molar refractivity (Wildman–Crippen MR) is 73.4 cm³/mol. The number of nitrogens with two attached hydrogens (primary N) is 1. The summed E-state index contributed by atoms with van der Waals surface area (Å²) in [6, 6.07) is 6.28. The fraction of sp³-hybridized carbons (Fsp3) is 0.364. The third-order valence-corrected chi connectivity index (χ3v) is 2.97. The quantitative estimate of drug-likeness (QED) is 0.834. The first kappa shape index (κ1) is 12.5. The smallest absolute Gasteiger partial charge is 0.106 e. The highest BCUT2D eigenvalue weighted by molar-refractivity contribution is 9.10. The molecule has 0 saturated carbocycles. The van der Waals surface area contributed by atoms with Crippen LogP contribution in [0.1, 0.15) is 25.8 Å². The minimum Gasteiger partial charge on any atom is -0.389 e. The molecule has 15 heavy (non-hydrogen) atoms. The zero-order valence-electron chi connectivity index (χ0n) is 8.88. The lowest BCUT2D eigenvalue weighted by molar-refractivity contribution is 0.764. The number of nitrogens with one attached hydrogen (secondary N) is 1. The summed E-state index contributed by atoms with van der Waals surface area (Å²) in [6.45, 7) is 4.26. The number of anilines is 1. The number of hydrogen-bond acceptors (Lipinski definition) is 2. The predicted octanol–water partition coefficient (Wildman–Crippen LogP) is 3.29. The lowest BCUT2D eigenvalue weighted by Crippen LogP contribution is -2.18. The molecule has 4 heteroatoms. The monoisotopic (exact) mass is 286 g/mol. The molecule has 0 saturated heterocycles. The van der Waals surface area contributed by atoms with Gasteiger partial charge < -0.3 is 11.1 Å². The van der Waals surface area contributed by atoms with Crippen molar-refractivity contribution in [3.8, 4) is 0 Å². The SMILES string of the molecule is CCC(C)Nc1cc(Br)ccc1C(N)=S. The maximum atomic E-state index is 5.66. The van der Waals surface area contributed by atoms with Crippen LogP contribution in [0.5, 0.6) is 0 Å². The highest BCUT2D eigenvalue weighted by Crippen LogP contribution is 2.22. The fourth-order valence-corrected chi connectivity index (χ4v) is 1.76. The van der Waals surface area contributed by atoms with Crippen LogP contribution < -0.4 is 11.1 Å². The molecule has 0 aromatic heterocycles. The summed E-state index contributed by atoms with van der Waals surface area (Å²) >= 11 is 8.44. The lowest BCUT2D eigenvalue weighted by atomic mass is 10.1. The molecule has 0 aliphatic heterocycles. The van der Waals surface area contributed by atoms with E-state index in [-0.39, 0.29) is 0 Å². The summed E-state index contributed by atoms with van der Waals surface area (Å²) in [6.07, 6.45) is 1.06. The second-order valence-corrected chi connectivity index (χ2v) is 4.86. The van der Waals surface area contributed by atoms with Gasteiger partial charge in [0, 0.05) is 21.8 Å². The molecule has 0 amide bonds. The topological polar surface area (TPSA) is 38.0 Å². The first-order valence-electron chi connectivity index (χ1n) is 4.90. The van der Waals surface area contributed by atoms with Crippen LogP contribution in [0.4, 0.5) is 5.69 Å². The molecule has 0 aliphatic rings. The molecule has 0 bridgehead atoms. The average molecular weight is 287 g/mol. The van der Waals surface area contributed by atoms with Crippen LogP contribution >= 0.6 is 28.1 Å². The number of rotatable bonds is 4. The van der Waals surface area contributed by atoms with Crippen molar-refractivity contribution in [2.24, 2.45) is 5.73 Å². The van der Waals surface area contributed by atoms with Gasteiger partial charge in [-0.25, -0.2) is 0 Å². The molecule has 1 atom stereocenters. The van der Waals surface area contributed by atoms with Gasteiger partial charge in [0.05, 0.1) is 0 Å². The van der Waals surface area contributed by atoms with Crippen molar-refractivity contribution in [2.45, 2.75) is 26.3 Å². The van der Waals surface area contributed by atoms with Crippen molar-refractivity contribution in [1.29, 1.82) is 0 Å². The molecule has 1 rings (SSSR count). The van der Waals surface area contributed by atoms with E-state index < -0.39 is 0 Å². The zero-order valence-corrected chi connectivity index (χ0v) is 11.3. The van der Waals surface area contributed by atoms with Crippen LogP contribution in [-0.4, -0.2) is 11.0 Å². The van der Waals surface area contributed by atoms with Gasteiger partial charge in [0.1, 0.15) is 4.99 Å². The number of halogens is 1. The molecule has 0 radical (unpaired) electrons. The van der Waals surface area contributed by atoms with E-state index in [2.05, 4.69) is 35.1 Å². The molecule has 0 fully saturated rings. The van der Waals surface area contributed by atoms with Gasteiger partial charge in [-0.2, -0.15) is 0 Å². The third-order valence-electron chi connectivity index (χ3n) is 2.26. The fourth-order valence-electron chi connectivity index (χ4n) is 1.22. The molecule has 0 aliphatic carbocycles. The van der Waals surface area contributed by atoms with Crippen LogP contribution in [0.3, 0.4) is 0 Å². The normalized spacial score (nSPS) is 12.2. The molecule has 1 unspecified atom stereocenters. The summed E-state index contributed by atoms with van der Waals surface area (Å²) in [5.74, 6) is 0. The number of hydrogen-bond donors (Lipinski definition) is 2. The average Bonchev–Trinajstić information content (AvgIpc) is 2.17. The standard InChI is InChI=1S/C11H15BrN2S/c1-3-7(2)14-10-6-8(12)4-5-9(10)11(13)15/h4-7,14H,3H2,1-2H3,(H2,13,15).